The molecule has 1 unspecified atom stereocenters. The molecular formula is C20H36N2O2. The van der Waals surface area contributed by atoms with Gasteiger partial charge in [-0.2, -0.15) is 0 Å². The van der Waals surface area contributed by atoms with Gasteiger partial charge in [0.15, 0.2) is 0 Å². The molecule has 0 aromatic carbocycles. The lowest BCUT2D eigenvalue weighted by molar-refractivity contribution is 0.0959. The van der Waals surface area contributed by atoms with Gasteiger partial charge >= 0.3 is 0 Å². The van der Waals surface area contributed by atoms with Crippen molar-refractivity contribution >= 4 is 0 Å². The predicted molar refractivity (Wildman–Crippen MR) is 99.6 cm³/mol. The number of rotatable bonds is 7. The first-order chi connectivity index (χ1) is 11.4. The van der Waals surface area contributed by atoms with E-state index in [4.69, 9.17) is 15.2 Å². The Hall–Kier alpha value is -1.00. The Morgan fingerprint density at radius 1 is 1.25 bits per heavy atom. The summed E-state index contributed by atoms with van der Waals surface area (Å²) in [6, 6.07) is 0.705. The van der Waals surface area contributed by atoms with E-state index in [0.29, 0.717) is 12.0 Å². The Morgan fingerprint density at radius 2 is 1.92 bits per heavy atom. The van der Waals surface area contributed by atoms with Crippen LogP contribution < -0.4 is 5.73 Å². The van der Waals surface area contributed by atoms with Gasteiger partial charge in [-0.3, -0.25) is 0 Å². The number of nitrogens with two attached hydrogens (primary N) is 1. The van der Waals surface area contributed by atoms with Crippen LogP contribution in [0.3, 0.4) is 0 Å². The van der Waals surface area contributed by atoms with Crippen molar-refractivity contribution in [1.82, 2.24) is 4.90 Å². The molecule has 0 heterocycles. The monoisotopic (exact) mass is 336 g/mol. The van der Waals surface area contributed by atoms with E-state index in [1.165, 1.54) is 31.3 Å². The van der Waals surface area contributed by atoms with Gasteiger partial charge in [0.05, 0.1) is 18.4 Å². The topological polar surface area (TPSA) is 47.7 Å². The molecule has 0 aromatic heterocycles. The number of nitrogens with zero attached hydrogens (tertiary/aromatic N) is 1. The molecule has 1 atom stereocenters. The van der Waals surface area contributed by atoms with Gasteiger partial charge in [0.2, 0.25) is 0 Å². The van der Waals surface area contributed by atoms with Gasteiger partial charge in [-0.05, 0) is 71.4 Å². The number of methoxy groups -OCH3 is 1. The van der Waals surface area contributed by atoms with Crippen LogP contribution in [0.15, 0.2) is 23.1 Å². The highest BCUT2D eigenvalue weighted by Gasteiger charge is 2.32. The fourth-order valence-electron chi connectivity index (χ4n) is 4.21. The van der Waals surface area contributed by atoms with E-state index in [-0.39, 0.29) is 6.10 Å². The first-order valence-corrected chi connectivity index (χ1v) is 9.45. The Balaban J connectivity index is 1.91. The Morgan fingerprint density at radius 3 is 2.50 bits per heavy atom. The summed E-state index contributed by atoms with van der Waals surface area (Å²) in [6.45, 7) is 8.23. The summed E-state index contributed by atoms with van der Waals surface area (Å²) in [7, 11) is 4.01. The molecule has 2 N–H and O–H groups in total. The second-order valence-electron chi connectivity index (χ2n) is 7.79. The summed E-state index contributed by atoms with van der Waals surface area (Å²) in [6.07, 6.45) is 8.47. The first kappa shape index (κ1) is 19.3. The normalized spacial score (nSPS) is 28.5. The van der Waals surface area contributed by atoms with Crippen LogP contribution in [0.4, 0.5) is 0 Å². The molecule has 0 bridgehead atoms. The summed E-state index contributed by atoms with van der Waals surface area (Å²) < 4.78 is 11.2. The molecule has 24 heavy (non-hydrogen) atoms. The molecule has 2 aliphatic carbocycles. The van der Waals surface area contributed by atoms with Crippen molar-refractivity contribution in [2.45, 2.75) is 65.0 Å². The molecule has 1 saturated carbocycles. The van der Waals surface area contributed by atoms with Crippen molar-refractivity contribution in [1.29, 1.82) is 0 Å². The Bertz CT molecular complexity index is 462. The van der Waals surface area contributed by atoms with Crippen molar-refractivity contribution < 1.29 is 9.47 Å². The van der Waals surface area contributed by atoms with E-state index in [0.717, 1.165) is 36.9 Å². The lowest BCUT2D eigenvalue weighted by Gasteiger charge is -2.39. The van der Waals surface area contributed by atoms with Gasteiger partial charge in [0.1, 0.15) is 5.76 Å². The second kappa shape index (κ2) is 8.91. The number of ether oxygens (including phenoxy) is 2. The fourth-order valence-corrected chi connectivity index (χ4v) is 4.21. The van der Waals surface area contributed by atoms with Gasteiger partial charge < -0.3 is 20.1 Å². The molecule has 4 heteroatoms. The van der Waals surface area contributed by atoms with Crippen LogP contribution in [0.2, 0.25) is 0 Å². The predicted octanol–water partition coefficient (Wildman–Crippen LogP) is 3.68. The fraction of sp³-hybridized carbons (Fsp3) is 0.800. The number of hydrogen-bond donors (Lipinski definition) is 1. The summed E-state index contributed by atoms with van der Waals surface area (Å²) in [5, 5.41) is 0. The molecule has 138 valence electrons. The average molecular weight is 337 g/mol. The molecule has 0 aromatic rings. The third-order valence-corrected chi connectivity index (χ3v) is 5.66. The smallest absolute Gasteiger partial charge is 0.120 e. The van der Waals surface area contributed by atoms with Crippen LogP contribution in [-0.2, 0) is 9.47 Å². The summed E-state index contributed by atoms with van der Waals surface area (Å²) in [4.78, 5) is 2.47. The lowest BCUT2D eigenvalue weighted by Crippen LogP contribution is -2.38. The minimum atomic E-state index is 0.191. The number of likely N-dealkylation sites (N-methyl/N-ethyl adjacent to an activating group) is 1. The molecule has 2 rings (SSSR count). The number of allylic oxidation sites excluding steroid dienone is 3. The van der Waals surface area contributed by atoms with Crippen LogP contribution in [0.1, 0.15) is 52.9 Å². The molecule has 0 saturated heterocycles. The SMILES string of the molecule is COCCN(C)[C@H]1CC[C@@H](C2CC(OC(C)C)=C(N)C=C2C)CC1. The zero-order valence-electron chi connectivity index (χ0n) is 16.2. The van der Waals surface area contributed by atoms with E-state index in [2.05, 4.69) is 38.8 Å². The van der Waals surface area contributed by atoms with Crippen LogP contribution in [0.5, 0.6) is 0 Å². The largest absolute Gasteiger partial charge is 0.493 e. The zero-order chi connectivity index (χ0) is 17.7. The molecule has 0 radical (unpaired) electrons. The Labute approximate surface area is 148 Å². The van der Waals surface area contributed by atoms with Gasteiger partial charge in [-0.1, -0.05) is 5.57 Å². The van der Waals surface area contributed by atoms with Crippen molar-refractivity contribution in [2.75, 3.05) is 27.3 Å². The molecular weight excluding hydrogens is 300 g/mol. The van der Waals surface area contributed by atoms with Gasteiger partial charge in [-0.15, -0.1) is 0 Å². The first-order valence-electron chi connectivity index (χ1n) is 9.45. The average Bonchev–Trinajstić information content (AvgIpc) is 2.55. The maximum Gasteiger partial charge on any atom is 0.120 e. The third-order valence-electron chi connectivity index (χ3n) is 5.66. The maximum atomic E-state index is 6.18. The van der Waals surface area contributed by atoms with Gasteiger partial charge in [0, 0.05) is 26.1 Å². The molecule has 1 fully saturated rings. The standard InChI is InChI=1S/C20H36N2O2/c1-14(2)24-20-13-18(15(3)12-19(20)21)16-6-8-17(9-7-16)22(4)10-11-23-5/h12,14,16-18H,6-11,13,21H2,1-5H3/t16-,17+,18?. The van der Waals surface area contributed by atoms with Gasteiger partial charge in [-0.25, -0.2) is 0 Å². The highest BCUT2D eigenvalue weighted by Crippen LogP contribution is 2.41. The molecule has 0 amide bonds. The second-order valence-corrected chi connectivity index (χ2v) is 7.79. The zero-order valence-corrected chi connectivity index (χ0v) is 16.2. The van der Waals surface area contributed by atoms with Crippen molar-refractivity contribution in [3.63, 3.8) is 0 Å². The number of hydrogen-bond acceptors (Lipinski definition) is 4. The highest BCUT2D eigenvalue weighted by atomic mass is 16.5. The third kappa shape index (κ3) is 5.00. The summed E-state index contributed by atoms with van der Waals surface area (Å²) in [5.41, 5.74) is 8.43. The Kier molecular flexibility index (Phi) is 7.17. The maximum absolute atomic E-state index is 6.18. The van der Waals surface area contributed by atoms with E-state index in [1.807, 2.05) is 0 Å². The highest BCUT2D eigenvalue weighted by molar-refractivity contribution is 5.30. The molecule has 0 spiro atoms. The van der Waals surface area contributed by atoms with Crippen LogP contribution in [0, 0.1) is 11.8 Å². The van der Waals surface area contributed by atoms with Crippen molar-refractivity contribution in [3.8, 4) is 0 Å². The van der Waals surface area contributed by atoms with E-state index in [9.17, 15) is 0 Å². The van der Waals surface area contributed by atoms with E-state index >= 15 is 0 Å². The van der Waals surface area contributed by atoms with Crippen LogP contribution >= 0.6 is 0 Å². The lowest BCUT2D eigenvalue weighted by atomic mass is 9.72. The van der Waals surface area contributed by atoms with Gasteiger partial charge in [0.25, 0.3) is 0 Å². The van der Waals surface area contributed by atoms with Crippen LogP contribution in [-0.4, -0.2) is 44.4 Å². The van der Waals surface area contributed by atoms with Crippen LogP contribution in [0.25, 0.3) is 0 Å². The quantitative estimate of drug-likeness (QED) is 0.770. The molecule has 0 aliphatic heterocycles. The van der Waals surface area contributed by atoms with Crippen molar-refractivity contribution in [2.24, 2.45) is 17.6 Å². The molecule has 2 aliphatic rings. The minimum absolute atomic E-state index is 0.191. The summed E-state index contributed by atoms with van der Waals surface area (Å²) >= 11 is 0. The van der Waals surface area contributed by atoms with E-state index < -0.39 is 0 Å². The van der Waals surface area contributed by atoms with E-state index in [1.54, 1.807) is 7.11 Å². The minimum Gasteiger partial charge on any atom is -0.493 e. The summed E-state index contributed by atoms with van der Waals surface area (Å²) in [5.74, 6) is 2.35. The molecule has 4 nitrogen and oxygen atoms in total. The van der Waals surface area contributed by atoms with Crippen molar-refractivity contribution in [3.05, 3.63) is 23.1 Å².